The van der Waals surface area contributed by atoms with Crippen LogP contribution in [0.15, 0.2) is 30.3 Å². The summed E-state index contributed by atoms with van der Waals surface area (Å²) in [7, 11) is 0. The lowest BCUT2D eigenvalue weighted by Crippen LogP contribution is -2.04. The van der Waals surface area contributed by atoms with E-state index in [4.69, 9.17) is 4.74 Å². The molecule has 16 heavy (non-hydrogen) atoms. The molecule has 1 rings (SSSR count). The van der Waals surface area contributed by atoms with Crippen molar-refractivity contribution in [2.75, 3.05) is 6.61 Å². The Morgan fingerprint density at radius 3 is 2.62 bits per heavy atom. The summed E-state index contributed by atoms with van der Waals surface area (Å²) in [5.74, 6) is 0.429. The zero-order valence-corrected chi connectivity index (χ0v) is 10.1. The Kier molecular flexibility index (Phi) is 5.62. The molecule has 88 valence electrons. The van der Waals surface area contributed by atoms with Gasteiger partial charge in [0, 0.05) is 6.42 Å². The van der Waals surface area contributed by atoms with Gasteiger partial charge in [-0.1, -0.05) is 37.3 Å². The zero-order valence-electron chi connectivity index (χ0n) is 10.1. The molecule has 1 aromatic rings. The Morgan fingerprint density at radius 2 is 2.00 bits per heavy atom. The molecule has 0 saturated heterocycles. The fourth-order valence-corrected chi connectivity index (χ4v) is 1.73. The SMILES string of the molecule is CCOC(=O)CCCC(C)c1ccccc1. The van der Waals surface area contributed by atoms with Gasteiger partial charge >= 0.3 is 5.97 Å². The van der Waals surface area contributed by atoms with Gasteiger partial charge in [-0.3, -0.25) is 4.79 Å². The van der Waals surface area contributed by atoms with Gasteiger partial charge in [-0.2, -0.15) is 0 Å². The zero-order chi connectivity index (χ0) is 11.8. The highest BCUT2D eigenvalue weighted by Crippen LogP contribution is 2.20. The van der Waals surface area contributed by atoms with Gasteiger partial charge < -0.3 is 4.74 Å². The summed E-state index contributed by atoms with van der Waals surface area (Å²) in [6.07, 6.45) is 2.46. The first-order valence-electron chi connectivity index (χ1n) is 5.94. The number of hydrogen-bond donors (Lipinski definition) is 0. The van der Waals surface area contributed by atoms with Crippen LogP contribution in [0.5, 0.6) is 0 Å². The summed E-state index contributed by atoms with van der Waals surface area (Å²) in [6, 6.07) is 10.4. The van der Waals surface area contributed by atoms with E-state index in [2.05, 4.69) is 31.2 Å². The van der Waals surface area contributed by atoms with Gasteiger partial charge in [0.15, 0.2) is 0 Å². The second kappa shape index (κ2) is 7.04. The van der Waals surface area contributed by atoms with E-state index in [1.165, 1.54) is 5.56 Å². The van der Waals surface area contributed by atoms with Gasteiger partial charge in [0.05, 0.1) is 6.61 Å². The number of hydrogen-bond acceptors (Lipinski definition) is 2. The van der Waals surface area contributed by atoms with Crippen LogP contribution in [0.25, 0.3) is 0 Å². The van der Waals surface area contributed by atoms with Crippen LogP contribution in [0.1, 0.15) is 44.6 Å². The molecule has 0 fully saturated rings. The average Bonchev–Trinajstić information content (AvgIpc) is 2.30. The summed E-state index contributed by atoms with van der Waals surface area (Å²) >= 11 is 0. The molecule has 0 N–H and O–H groups in total. The summed E-state index contributed by atoms with van der Waals surface area (Å²) in [6.45, 7) is 4.51. The van der Waals surface area contributed by atoms with Crippen LogP contribution in [0, 0.1) is 0 Å². The molecule has 0 heterocycles. The van der Waals surface area contributed by atoms with Gasteiger partial charge in [-0.25, -0.2) is 0 Å². The van der Waals surface area contributed by atoms with E-state index in [1.54, 1.807) is 0 Å². The Hall–Kier alpha value is -1.31. The maximum absolute atomic E-state index is 11.1. The minimum Gasteiger partial charge on any atom is -0.466 e. The number of carbonyl (C=O) groups excluding carboxylic acids is 1. The molecule has 0 spiro atoms. The Balaban J connectivity index is 2.26. The summed E-state index contributed by atoms with van der Waals surface area (Å²) in [4.78, 5) is 11.1. The van der Waals surface area contributed by atoms with Crippen molar-refractivity contribution in [2.24, 2.45) is 0 Å². The number of carbonyl (C=O) groups is 1. The van der Waals surface area contributed by atoms with Gasteiger partial charge in [0.1, 0.15) is 0 Å². The van der Waals surface area contributed by atoms with Gasteiger partial charge in [-0.15, -0.1) is 0 Å². The Bertz CT molecular complexity index is 306. The topological polar surface area (TPSA) is 26.3 Å². The van der Waals surface area contributed by atoms with Crippen molar-refractivity contribution in [1.82, 2.24) is 0 Å². The molecule has 0 radical (unpaired) electrons. The van der Waals surface area contributed by atoms with E-state index in [0.29, 0.717) is 18.9 Å². The van der Waals surface area contributed by atoms with Crippen LogP contribution in [-0.2, 0) is 9.53 Å². The Morgan fingerprint density at radius 1 is 1.31 bits per heavy atom. The minimum atomic E-state index is -0.0808. The Labute approximate surface area is 97.6 Å². The molecule has 1 unspecified atom stereocenters. The molecule has 0 aliphatic carbocycles. The molecule has 0 aliphatic heterocycles. The van der Waals surface area contributed by atoms with Crippen molar-refractivity contribution in [3.63, 3.8) is 0 Å². The molecule has 0 aliphatic rings. The first kappa shape index (κ1) is 12.8. The average molecular weight is 220 g/mol. The molecule has 0 aromatic heterocycles. The van der Waals surface area contributed by atoms with Gasteiger partial charge in [0.25, 0.3) is 0 Å². The lowest BCUT2D eigenvalue weighted by Gasteiger charge is -2.11. The van der Waals surface area contributed by atoms with E-state index in [-0.39, 0.29) is 5.97 Å². The van der Waals surface area contributed by atoms with Crippen molar-refractivity contribution in [2.45, 2.75) is 39.0 Å². The third-order valence-electron chi connectivity index (χ3n) is 2.69. The summed E-state index contributed by atoms with van der Waals surface area (Å²) < 4.78 is 4.89. The molecule has 0 amide bonds. The van der Waals surface area contributed by atoms with Crippen molar-refractivity contribution in [3.05, 3.63) is 35.9 Å². The summed E-state index contributed by atoms with van der Waals surface area (Å²) in [5, 5.41) is 0. The highest BCUT2D eigenvalue weighted by molar-refractivity contribution is 5.69. The number of esters is 1. The first-order valence-corrected chi connectivity index (χ1v) is 5.94. The standard InChI is InChI=1S/C14H20O2/c1-3-16-14(15)11-7-8-12(2)13-9-5-4-6-10-13/h4-6,9-10,12H,3,7-8,11H2,1-2H3. The first-order chi connectivity index (χ1) is 7.74. The van der Waals surface area contributed by atoms with Crippen LogP contribution in [-0.4, -0.2) is 12.6 Å². The van der Waals surface area contributed by atoms with Crippen LogP contribution in [0.2, 0.25) is 0 Å². The van der Waals surface area contributed by atoms with E-state index >= 15 is 0 Å². The number of benzene rings is 1. The maximum atomic E-state index is 11.1. The van der Waals surface area contributed by atoms with Crippen molar-refractivity contribution < 1.29 is 9.53 Å². The fourth-order valence-electron chi connectivity index (χ4n) is 1.73. The van der Waals surface area contributed by atoms with E-state index in [9.17, 15) is 4.79 Å². The van der Waals surface area contributed by atoms with E-state index in [1.807, 2.05) is 13.0 Å². The summed E-state index contributed by atoms with van der Waals surface area (Å²) in [5.41, 5.74) is 1.34. The van der Waals surface area contributed by atoms with Crippen LogP contribution in [0.4, 0.5) is 0 Å². The predicted octanol–water partition coefficient (Wildman–Crippen LogP) is 3.52. The molecule has 1 aromatic carbocycles. The minimum absolute atomic E-state index is 0.0808. The second-order valence-electron chi connectivity index (χ2n) is 4.01. The lowest BCUT2D eigenvalue weighted by atomic mass is 9.96. The second-order valence-corrected chi connectivity index (χ2v) is 4.01. The third-order valence-corrected chi connectivity index (χ3v) is 2.69. The normalized spacial score (nSPS) is 12.1. The molecule has 0 bridgehead atoms. The van der Waals surface area contributed by atoms with Gasteiger partial charge in [0.2, 0.25) is 0 Å². The quantitative estimate of drug-likeness (QED) is 0.686. The maximum Gasteiger partial charge on any atom is 0.305 e. The molecule has 0 saturated carbocycles. The predicted molar refractivity (Wildman–Crippen MR) is 65.3 cm³/mol. The molecular formula is C14H20O2. The third kappa shape index (κ3) is 4.47. The van der Waals surface area contributed by atoms with E-state index in [0.717, 1.165) is 12.8 Å². The van der Waals surface area contributed by atoms with Crippen LogP contribution in [0.3, 0.4) is 0 Å². The number of ether oxygens (including phenoxy) is 1. The molecule has 2 heteroatoms. The molecular weight excluding hydrogens is 200 g/mol. The number of rotatable bonds is 6. The van der Waals surface area contributed by atoms with Crippen molar-refractivity contribution in [1.29, 1.82) is 0 Å². The van der Waals surface area contributed by atoms with Crippen LogP contribution < -0.4 is 0 Å². The monoisotopic (exact) mass is 220 g/mol. The van der Waals surface area contributed by atoms with Crippen molar-refractivity contribution in [3.8, 4) is 0 Å². The fraction of sp³-hybridized carbons (Fsp3) is 0.500. The lowest BCUT2D eigenvalue weighted by molar-refractivity contribution is -0.143. The largest absolute Gasteiger partial charge is 0.466 e. The van der Waals surface area contributed by atoms with Crippen LogP contribution >= 0.6 is 0 Å². The molecule has 1 atom stereocenters. The smallest absolute Gasteiger partial charge is 0.305 e. The highest BCUT2D eigenvalue weighted by Gasteiger charge is 2.07. The van der Waals surface area contributed by atoms with Gasteiger partial charge in [-0.05, 0) is 31.2 Å². The van der Waals surface area contributed by atoms with E-state index < -0.39 is 0 Å². The van der Waals surface area contributed by atoms with Crippen molar-refractivity contribution >= 4 is 5.97 Å². The molecule has 2 nitrogen and oxygen atoms in total. The highest BCUT2D eigenvalue weighted by atomic mass is 16.5.